The van der Waals surface area contributed by atoms with Crippen LogP contribution in [0, 0.1) is 6.92 Å². The van der Waals surface area contributed by atoms with Gasteiger partial charge in [-0.15, -0.1) is 0 Å². The molecule has 1 aliphatic heterocycles. The highest BCUT2D eigenvalue weighted by atomic mass is 16.5. The lowest BCUT2D eigenvalue weighted by molar-refractivity contribution is -0.125. The quantitative estimate of drug-likeness (QED) is 0.497. The van der Waals surface area contributed by atoms with Gasteiger partial charge < -0.3 is 30.3 Å². The van der Waals surface area contributed by atoms with Gasteiger partial charge in [0.1, 0.15) is 24.1 Å². The minimum Gasteiger partial charge on any atom is -0.497 e. The van der Waals surface area contributed by atoms with Gasteiger partial charge in [0.2, 0.25) is 5.91 Å². The molecule has 0 aromatic heterocycles. The van der Waals surface area contributed by atoms with Crippen molar-refractivity contribution in [3.63, 3.8) is 0 Å². The SMILES string of the molecule is COc1ccc(CNC(=O)C[C@@H]2O[C@H](CNC(=O)c3ccc(C)cc3)[C@@H](O)[C@H]2O)cc1. The highest BCUT2D eigenvalue weighted by Crippen LogP contribution is 2.23. The van der Waals surface area contributed by atoms with Crippen LogP contribution in [0.15, 0.2) is 48.5 Å². The molecule has 0 aliphatic carbocycles. The predicted octanol–water partition coefficient (Wildman–Crippen LogP) is 0.929. The number of amides is 2. The lowest BCUT2D eigenvalue weighted by Crippen LogP contribution is -2.40. The van der Waals surface area contributed by atoms with Crippen molar-refractivity contribution in [3.05, 3.63) is 65.2 Å². The van der Waals surface area contributed by atoms with Crippen molar-refractivity contribution in [2.24, 2.45) is 0 Å². The summed E-state index contributed by atoms with van der Waals surface area (Å²) in [6.45, 7) is 2.28. The normalized spacial score (nSPS) is 22.7. The van der Waals surface area contributed by atoms with E-state index in [1.807, 2.05) is 31.2 Å². The van der Waals surface area contributed by atoms with E-state index in [2.05, 4.69) is 10.6 Å². The first-order valence-electron chi connectivity index (χ1n) is 10.1. The van der Waals surface area contributed by atoms with E-state index in [4.69, 9.17) is 9.47 Å². The van der Waals surface area contributed by atoms with Crippen LogP contribution in [-0.2, 0) is 16.1 Å². The van der Waals surface area contributed by atoms with E-state index in [0.29, 0.717) is 12.1 Å². The Morgan fingerprint density at radius 1 is 0.968 bits per heavy atom. The number of ether oxygens (including phenoxy) is 2. The summed E-state index contributed by atoms with van der Waals surface area (Å²) in [7, 11) is 1.58. The van der Waals surface area contributed by atoms with Crippen LogP contribution in [0.2, 0.25) is 0 Å². The van der Waals surface area contributed by atoms with Crippen LogP contribution < -0.4 is 15.4 Å². The summed E-state index contributed by atoms with van der Waals surface area (Å²) in [5.74, 6) is 0.120. The Morgan fingerprint density at radius 2 is 1.61 bits per heavy atom. The third kappa shape index (κ3) is 6.04. The van der Waals surface area contributed by atoms with E-state index < -0.39 is 24.4 Å². The number of aryl methyl sites for hydroxylation is 1. The number of carbonyl (C=O) groups is 2. The van der Waals surface area contributed by atoms with Crippen LogP contribution in [0.1, 0.15) is 27.9 Å². The van der Waals surface area contributed by atoms with Crippen molar-refractivity contribution in [1.82, 2.24) is 10.6 Å². The van der Waals surface area contributed by atoms with Gasteiger partial charge in [-0.25, -0.2) is 0 Å². The van der Waals surface area contributed by atoms with E-state index in [1.165, 1.54) is 0 Å². The number of methoxy groups -OCH3 is 1. The Kier molecular flexibility index (Phi) is 7.62. The molecule has 1 aliphatic rings. The molecule has 2 aromatic rings. The van der Waals surface area contributed by atoms with Gasteiger partial charge >= 0.3 is 0 Å². The molecule has 8 nitrogen and oxygen atoms in total. The zero-order valence-electron chi connectivity index (χ0n) is 17.6. The Balaban J connectivity index is 1.46. The van der Waals surface area contributed by atoms with E-state index in [0.717, 1.165) is 16.9 Å². The van der Waals surface area contributed by atoms with Gasteiger partial charge in [-0.3, -0.25) is 9.59 Å². The van der Waals surface area contributed by atoms with Crippen molar-refractivity contribution in [3.8, 4) is 5.75 Å². The molecule has 1 saturated heterocycles. The fourth-order valence-electron chi connectivity index (χ4n) is 3.36. The molecule has 0 radical (unpaired) electrons. The zero-order chi connectivity index (χ0) is 22.4. The number of aliphatic hydroxyl groups excluding tert-OH is 2. The number of hydrogen-bond donors (Lipinski definition) is 4. The van der Waals surface area contributed by atoms with E-state index in [1.54, 1.807) is 31.4 Å². The second kappa shape index (κ2) is 10.4. The smallest absolute Gasteiger partial charge is 0.251 e. The van der Waals surface area contributed by atoms with Gasteiger partial charge in [0.05, 0.1) is 19.6 Å². The monoisotopic (exact) mass is 428 g/mol. The van der Waals surface area contributed by atoms with E-state index >= 15 is 0 Å². The largest absolute Gasteiger partial charge is 0.497 e. The molecule has 8 heteroatoms. The average Bonchev–Trinajstić information content (AvgIpc) is 3.04. The Bertz CT molecular complexity index is 884. The predicted molar refractivity (Wildman–Crippen MR) is 114 cm³/mol. The maximum atomic E-state index is 12.3. The Hall–Kier alpha value is -2.94. The fraction of sp³-hybridized carbons (Fsp3) is 0.391. The number of aliphatic hydroxyl groups is 2. The van der Waals surface area contributed by atoms with Crippen molar-refractivity contribution < 1.29 is 29.3 Å². The van der Waals surface area contributed by atoms with Gasteiger partial charge in [-0.1, -0.05) is 29.8 Å². The third-order valence-electron chi connectivity index (χ3n) is 5.27. The number of nitrogens with one attached hydrogen (secondary N) is 2. The molecule has 0 unspecified atom stereocenters. The molecule has 166 valence electrons. The number of benzene rings is 2. The fourth-order valence-corrected chi connectivity index (χ4v) is 3.36. The maximum absolute atomic E-state index is 12.3. The summed E-state index contributed by atoms with van der Waals surface area (Å²) >= 11 is 0. The van der Waals surface area contributed by atoms with E-state index in [9.17, 15) is 19.8 Å². The molecule has 4 N–H and O–H groups in total. The van der Waals surface area contributed by atoms with Crippen molar-refractivity contribution in [2.75, 3.05) is 13.7 Å². The second-order valence-corrected chi connectivity index (χ2v) is 7.60. The summed E-state index contributed by atoms with van der Waals surface area (Å²) in [5.41, 5.74) is 2.44. The number of rotatable bonds is 8. The molecule has 4 atom stereocenters. The standard InChI is InChI=1S/C23H28N2O6/c1-14-3-7-16(8-4-14)23(29)25-13-19-22(28)21(27)18(31-19)11-20(26)24-12-15-5-9-17(30-2)10-6-15/h3-10,18-19,21-22,27-28H,11-13H2,1-2H3,(H,24,26)(H,25,29)/t18-,19+,21-,22+/m0/s1. The maximum Gasteiger partial charge on any atom is 0.251 e. The van der Waals surface area contributed by atoms with Crippen LogP contribution in [0.5, 0.6) is 5.75 Å². The number of carbonyl (C=O) groups excluding carboxylic acids is 2. The average molecular weight is 428 g/mol. The van der Waals surface area contributed by atoms with Crippen LogP contribution in [-0.4, -0.2) is 60.1 Å². The minimum atomic E-state index is -1.21. The summed E-state index contributed by atoms with van der Waals surface area (Å²) in [4.78, 5) is 24.5. The molecule has 1 heterocycles. The molecule has 0 saturated carbocycles. The summed E-state index contributed by atoms with van der Waals surface area (Å²) in [6.07, 6.45) is -4.17. The third-order valence-corrected chi connectivity index (χ3v) is 5.27. The van der Waals surface area contributed by atoms with Crippen molar-refractivity contribution in [2.45, 2.75) is 44.3 Å². The van der Waals surface area contributed by atoms with Crippen molar-refractivity contribution in [1.29, 1.82) is 0 Å². The lowest BCUT2D eigenvalue weighted by Gasteiger charge is -2.15. The summed E-state index contributed by atoms with van der Waals surface area (Å²) in [5, 5.41) is 26.0. The molecule has 1 fully saturated rings. The molecule has 2 aromatic carbocycles. The second-order valence-electron chi connectivity index (χ2n) is 7.60. The highest BCUT2D eigenvalue weighted by Gasteiger charge is 2.43. The van der Waals surface area contributed by atoms with Gasteiger partial charge in [0.25, 0.3) is 5.91 Å². The van der Waals surface area contributed by atoms with Crippen molar-refractivity contribution >= 4 is 11.8 Å². The molecule has 0 bridgehead atoms. The van der Waals surface area contributed by atoms with Gasteiger partial charge in [0.15, 0.2) is 0 Å². The topological polar surface area (TPSA) is 117 Å². The van der Waals surface area contributed by atoms with E-state index in [-0.39, 0.29) is 24.8 Å². The molecular formula is C23H28N2O6. The highest BCUT2D eigenvalue weighted by molar-refractivity contribution is 5.94. The van der Waals surface area contributed by atoms with Gasteiger partial charge in [-0.2, -0.15) is 0 Å². The van der Waals surface area contributed by atoms with Gasteiger partial charge in [0, 0.05) is 18.7 Å². The minimum absolute atomic E-state index is 0.0227. The van der Waals surface area contributed by atoms with Crippen LogP contribution in [0.3, 0.4) is 0 Å². The first-order valence-corrected chi connectivity index (χ1v) is 10.1. The molecule has 2 amide bonds. The molecule has 3 rings (SSSR count). The first kappa shape index (κ1) is 22.7. The van der Waals surface area contributed by atoms with Crippen LogP contribution in [0.4, 0.5) is 0 Å². The first-order chi connectivity index (χ1) is 14.9. The zero-order valence-corrected chi connectivity index (χ0v) is 17.6. The van der Waals surface area contributed by atoms with Crippen LogP contribution >= 0.6 is 0 Å². The Morgan fingerprint density at radius 3 is 2.26 bits per heavy atom. The van der Waals surface area contributed by atoms with Gasteiger partial charge in [-0.05, 0) is 36.8 Å². The molecule has 31 heavy (non-hydrogen) atoms. The summed E-state index contributed by atoms with van der Waals surface area (Å²) < 4.78 is 10.8. The lowest BCUT2D eigenvalue weighted by atomic mass is 10.1. The number of hydrogen-bond acceptors (Lipinski definition) is 6. The molecule has 0 spiro atoms. The molecular weight excluding hydrogens is 400 g/mol. The van der Waals surface area contributed by atoms with Crippen LogP contribution in [0.25, 0.3) is 0 Å². The Labute approximate surface area is 181 Å². The summed E-state index contributed by atoms with van der Waals surface area (Å²) in [6, 6.07) is 14.4.